The maximum Gasteiger partial charge on any atom is 0.401 e. The molecule has 1 N–H and O–H groups in total. The van der Waals surface area contributed by atoms with Crippen molar-refractivity contribution in [2.24, 2.45) is 0 Å². The van der Waals surface area contributed by atoms with E-state index in [-0.39, 0.29) is 23.4 Å². The second-order valence-electron chi connectivity index (χ2n) is 9.31. The molecule has 0 aliphatic carbocycles. The Bertz CT molecular complexity index is 923. The highest BCUT2D eigenvalue weighted by Crippen LogP contribution is 2.55. The van der Waals surface area contributed by atoms with Gasteiger partial charge in [-0.2, -0.15) is 0 Å². The van der Waals surface area contributed by atoms with E-state index in [1.54, 1.807) is 14.2 Å². The van der Waals surface area contributed by atoms with Crippen LogP contribution in [0.5, 0.6) is 23.0 Å². The maximum atomic E-state index is 11.3. The molecule has 0 saturated carbocycles. The zero-order valence-corrected chi connectivity index (χ0v) is 19.8. The molecule has 1 fully saturated rings. The van der Waals surface area contributed by atoms with E-state index in [1.165, 1.54) is 0 Å². The maximum absolute atomic E-state index is 11.3. The van der Waals surface area contributed by atoms with Crippen LogP contribution >= 0.6 is 8.60 Å². The van der Waals surface area contributed by atoms with Crippen LogP contribution in [0.2, 0.25) is 0 Å². The lowest BCUT2D eigenvalue weighted by molar-refractivity contribution is 0.0106. The van der Waals surface area contributed by atoms with E-state index in [1.807, 2.05) is 45.0 Å². The number of aromatic hydroxyl groups is 1. The van der Waals surface area contributed by atoms with Gasteiger partial charge in [0.2, 0.25) is 0 Å². The Labute approximate surface area is 180 Å². The Hall–Kier alpha value is -2.01. The van der Waals surface area contributed by atoms with Gasteiger partial charge in [-0.05, 0) is 35.1 Å². The number of ether oxygens (including phenoxy) is 2. The first-order chi connectivity index (χ1) is 14.0. The lowest BCUT2D eigenvalue weighted by atomic mass is 9.81. The minimum absolute atomic E-state index is 0.185. The van der Waals surface area contributed by atoms with Crippen LogP contribution in [-0.4, -0.2) is 26.1 Å². The van der Waals surface area contributed by atoms with Gasteiger partial charge >= 0.3 is 8.60 Å². The summed E-state index contributed by atoms with van der Waals surface area (Å²) in [5, 5.41) is 11.3. The first kappa shape index (κ1) is 22.7. The normalized spacial score (nSPS) is 14.9. The number of phenols is 1. The van der Waals surface area contributed by atoms with Crippen molar-refractivity contribution >= 4 is 8.60 Å². The monoisotopic (exact) mass is 434 g/mol. The topological polar surface area (TPSA) is 66.4 Å². The van der Waals surface area contributed by atoms with E-state index >= 15 is 0 Å². The van der Waals surface area contributed by atoms with Crippen LogP contribution in [0.4, 0.5) is 0 Å². The van der Waals surface area contributed by atoms with Crippen molar-refractivity contribution in [2.75, 3.05) is 21.0 Å². The molecule has 1 heterocycles. The van der Waals surface area contributed by atoms with Crippen LogP contribution in [0.25, 0.3) is 11.1 Å². The molecule has 0 amide bonds. The van der Waals surface area contributed by atoms with E-state index in [0.717, 1.165) is 11.1 Å². The molecule has 0 atom stereocenters. The highest BCUT2D eigenvalue weighted by Gasteiger charge is 2.32. The van der Waals surface area contributed by atoms with Crippen molar-refractivity contribution < 1.29 is 28.2 Å². The van der Waals surface area contributed by atoms with Crippen molar-refractivity contribution in [1.29, 1.82) is 0 Å². The predicted molar refractivity (Wildman–Crippen MR) is 119 cm³/mol. The molecule has 6 nitrogen and oxygen atoms in total. The third-order valence-corrected chi connectivity index (χ3v) is 5.97. The average Bonchev–Trinajstić information content (AvgIpc) is 2.62. The molecular formula is C23H31O6P. The van der Waals surface area contributed by atoms with E-state index in [2.05, 4.69) is 20.8 Å². The summed E-state index contributed by atoms with van der Waals surface area (Å²) in [6.45, 7) is 12.7. The lowest BCUT2D eigenvalue weighted by Gasteiger charge is -2.30. The van der Waals surface area contributed by atoms with Crippen molar-refractivity contribution in [3.05, 3.63) is 35.4 Å². The predicted octanol–water partition coefficient (Wildman–Crippen LogP) is 6.28. The number of methoxy groups -OCH3 is 2. The summed E-state index contributed by atoms with van der Waals surface area (Å²) in [6, 6.07) is 7.50. The van der Waals surface area contributed by atoms with Crippen molar-refractivity contribution in [3.8, 4) is 34.1 Å². The Kier molecular flexibility index (Phi) is 6.24. The summed E-state index contributed by atoms with van der Waals surface area (Å²) < 4.78 is 28.1. The zero-order chi connectivity index (χ0) is 22.3. The smallest absolute Gasteiger partial charge is 0.401 e. The van der Waals surface area contributed by atoms with E-state index in [9.17, 15) is 5.11 Å². The van der Waals surface area contributed by atoms with Gasteiger partial charge in [0.05, 0.1) is 14.2 Å². The van der Waals surface area contributed by atoms with Gasteiger partial charge in [-0.1, -0.05) is 41.5 Å². The summed E-state index contributed by atoms with van der Waals surface area (Å²) >= 11 is 0. The van der Waals surface area contributed by atoms with Crippen LogP contribution < -0.4 is 14.0 Å². The average molecular weight is 434 g/mol. The first-order valence-electron chi connectivity index (χ1n) is 9.84. The van der Waals surface area contributed by atoms with Crippen LogP contribution in [0.3, 0.4) is 0 Å². The molecule has 30 heavy (non-hydrogen) atoms. The van der Waals surface area contributed by atoms with Crippen LogP contribution in [-0.2, 0) is 19.9 Å². The highest BCUT2D eigenvalue weighted by molar-refractivity contribution is 7.43. The molecule has 164 valence electrons. The van der Waals surface area contributed by atoms with E-state index in [0.29, 0.717) is 28.4 Å². The summed E-state index contributed by atoms with van der Waals surface area (Å²) in [7, 11) is 1.78. The van der Waals surface area contributed by atoms with E-state index < -0.39 is 8.60 Å². The van der Waals surface area contributed by atoms with Crippen LogP contribution in [0.15, 0.2) is 24.3 Å². The summed E-state index contributed by atoms with van der Waals surface area (Å²) in [5.74, 6) is 2.12. The second-order valence-corrected chi connectivity index (χ2v) is 10.5. The molecule has 0 bridgehead atoms. The summed E-state index contributed by atoms with van der Waals surface area (Å²) in [6.07, 6.45) is 0. The zero-order valence-electron chi connectivity index (χ0n) is 19.0. The number of benzene rings is 2. The van der Waals surface area contributed by atoms with Gasteiger partial charge in [-0.25, -0.2) is 0 Å². The van der Waals surface area contributed by atoms with Crippen LogP contribution in [0, 0.1) is 0 Å². The Morgan fingerprint density at radius 3 is 1.73 bits per heavy atom. The number of hydrogen-bond donors (Lipinski definition) is 1. The fourth-order valence-corrected chi connectivity index (χ4v) is 3.94. The molecule has 1 aliphatic heterocycles. The third-order valence-electron chi connectivity index (χ3n) is 5.01. The fraction of sp³-hybridized carbons (Fsp3) is 0.478. The SMILES string of the molecule is COc1cc(-c2cc(OC)cc(C(C)(C)C)c2OP2OCO2)c(O)c(C(C)(C)C)c1. The van der Waals surface area contributed by atoms with Gasteiger partial charge in [0.1, 0.15) is 23.0 Å². The highest BCUT2D eigenvalue weighted by atomic mass is 31.2. The van der Waals surface area contributed by atoms with Gasteiger partial charge in [-0.15, -0.1) is 0 Å². The molecule has 2 aromatic rings. The molecule has 0 spiro atoms. The first-order valence-corrected chi connectivity index (χ1v) is 10.9. The van der Waals surface area contributed by atoms with Crippen molar-refractivity contribution in [2.45, 2.75) is 52.4 Å². The fourth-order valence-electron chi connectivity index (χ4n) is 3.30. The minimum atomic E-state index is -1.46. The van der Waals surface area contributed by atoms with Gasteiger partial charge in [0.25, 0.3) is 0 Å². The quantitative estimate of drug-likeness (QED) is 0.559. The van der Waals surface area contributed by atoms with Crippen molar-refractivity contribution in [3.63, 3.8) is 0 Å². The van der Waals surface area contributed by atoms with Gasteiger partial charge in [0.15, 0.2) is 6.79 Å². The van der Waals surface area contributed by atoms with E-state index in [4.69, 9.17) is 23.0 Å². The largest absolute Gasteiger partial charge is 0.507 e. The van der Waals surface area contributed by atoms with Gasteiger partial charge in [0, 0.05) is 22.3 Å². The van der Waals surface area contributed by atoms with Crippen molar-refractivity contribution in [1.82, 2.24) is 0 Å². The molecular weight excluding hydrogens is 403 g/mol. The lowest BCUT2D eigenvalue weighted by Crippen LogP contribution is -2.17. The van der Waals surface area contributed by atoms with Gasteiger partial charge < -0.3 is 19.1 Å². The van der Waals surface area contributed by atoms with Crippen LogP contribution in [0.1, 0.15) is 52.7 Å². The Balaban J connectivity index is 2.34. The molecule has 0 aromatic heterocycles. The molecule has 1 aliphatic rings. The second kappa shape index (κ2) is 8.26. The summed E-state index contributed by atoms with van der Waals surface area (Å²) in [5.41, 5.74) is 2.48. The molecule has 7 heteroatoms. The molecule has 0 radical (unpaired) electrons. The molecule has 2 aromatic carbocycles. The van der Waals surface area contributed by atoms with Gasteiger partial charge in [-0.3, -0.25) is 9.05 Å². The molecule has 0 unspecified atom stereocenters. The number of rotatable bonds is 5. The Morgan fingerprint density at radius 2 is 1.30 bits per heavy atom. The molecule has 3 rings (SSSR count). The summed E-state index contributed by atoms with van der Waals surface area (Å²) in [4.78, 5) is 0. The number of phenolic OH excluding ortho intramolecular Hbond substituents is 1. The number of hydrogen-bond acceptors (Lipinski definition) is 6. The Morgan fingerprint density at radius 1 is 0.800 bits per heavy atom. The minimum Gasteiger partial charge on any atom is -0.507 e. The standard InChI is InChI=1S/C23H31O6P/c1-22(2,3)18-11-14(25-7)9-16(20(18)24)17-10-15(26-8)12-19(23(4,5)6)21(17)29-30-27-13-28-30/h9-12,24H,13H2,1-8H3. The third kappa shape index (κ3) is 4.51. The molecule has 1 saturated heterocycles.